The molecule has 4 nitrogen and oxygen atoms in total. The van der Waals surface area contributed by atoms with Crippen molar-refractivity contribution in [2.45, 2.75) is 12.2 Å². The van der Waals surface area contributed by atoms with Gasteiger partial charge in [-0.15, -0.1) is 11.3 Å². The molecule has 0 saturated heterocycles. The van der Waals surface area contributed by atoms with Crippen LogP contribution in [0.2, 0.25) is 0 Å². The van der Waals surface area contributed by atoms with Crippen molar-refractivity contribution >= 4 is 28.7 Å². The third kappa shape index (κ3) is 3.72. The van der Waals surface area contributed by atoms with Crippen LogP contribution in [0.25, 0.3) is 0 Å². The molecule has 1 amide bonds. The van der Waals surface area contributed by atoms with Crippen LogP contribution in [0.5, 0.6) is 0 Å². The number of ketones is 1. The molecule has 0 fully saturated rings. The Bertz CT molecular complexity index is 1180. The van der Waals surface area contributed by atoms with Gasteiger partial charge in [-0.05, 0) is 47.3 Å². The second-order valence-electron chi connectivity index (χ2n) is 6.75. The van der Waals surface area contributed by atoms with Gasteiger partial charge in [0.25, 0.3) is 5.91 Å². The Kier molecular flexibility index (Phi) is 5.14. The number of aliphatic hydroxyl groups excluding tert-OH is 1. The smallest absolute Gasteiger partial charge is 0.416 e. The molecule has 0 saturated carbocycles. The molecule has 0 bridgehead atoms. The SMILES string of the molecule is O=C(C1=C(O)C(=O)N(c2cccc(C(F)(F)F)c2)C1c1ccc(F)cc1)c1cccs1. The van der Waals surface area contributed by atoms with Gasteiger partial charge in [-0.2, -0.15) is 13.2 Å². The summed E-state index contributed by atoms with van der Waals surface area (Å²) < 4.78 is 53.2. The maximum Gasteiger partial charge on any atom is 0.416 e. The van der Waals surface area contributed by atoms with Crippen LogP contribution in [0.3, 0.4) is 0 Å². The molecule has 4 rings (SSSR count). The van der Waals surface area contributed by atoms with Crippen LogP contribution in [0.15, 0.2) is 77.4 Å². The van der Waals surface area contributed by atoms with E-state index < -0.39 is 41.0 Å². The number of thiophene rings is 1. The molecule has 0 radical (unpaired) electrons. The first-order valence-corrected chi connectivity index (χ1v) is 9.84. The number of aliphatic hydroxyl groups is 1. The lowest BCUT2D eigenvalue weighted by molar-refractivity contribution is -0.137. The molecule has 1 aliphatic heterocycles. The lowest BCUT2D eigenvalue weighted by Crippen LogP contribution is -2.31. The molecule has 9 heteroatoms. The van der Waals surface area contributed by atoms with Gasteiger partial charge in [-0.1, -0.05) is 24.3 Å². The number of carbonyl (C=O) groups is 2. The van der Waals surface area contributed by atoms with Crippen molar-refractivity contribution in [3.05, 3.63) is 99.2 Å². The second kappa shape index (κ2) is 7.66. The average Bonchev–Trinajstić information content (AvgIpc) is 3.35. The first-order chi connectivity index (χ1) is 14.7. The van der Waals surface area contributed by atoms with Crippen LogP contribution in [0, 0.1) is 5.82 Å². The maximum absolute atomic E-state index is 13.5. The maximum atomic E-state index is 13.5. The van der Waals surface area contributed by atoms with Crippen LogP contribution in [0.4, 0.5) is 23.2 Å². The third-order valence-electron chi connectivity index (χ3n) is 4.84. The van der Waals surface area contributed by atoms with E-state index in [4.69, 9.17) is 0 Å². The van der Waals surface area contributed by atoms with E-state index in [1.165, 1.54) is 24.3 Å². The molecule has 1 atom stereocenters. The van der Waals surface area contributed by atoms with E-state index in [1.54, 1.807) is 11.4 Å². The highest BCUT2D eigenvalue weighted by Crippen LogP contribution is 2.43. The van der Waals surface area contributed by atoms with Gasteiger partial charge in [0.2, 0.25) is 5.78 Å². The Morgan fingerprint density at radius 3 is 2.35 bits per heavy atom. The van der Waals surface area contributed by atoms with Crippen LogP contribution in [-0.4, -0.2) is 16.8 Å². The largest absolute Gasteiger partial charge is 0.503 e. The lowest BCUT2D eigenvalue weighted by Gasteiger charge is -2.27. The molecular weight excluding hydrogens is 434 g/mol. The highest BCUT2D eigenvalue weighted by atomic mass is 32.1. The Morgan fingerprint density at radius 2 is 1.74 bits per heavy atom. The van der Waals surface area contributed by atoms with Gasteiger partial charge in [0.1, 0.15) is 5.82 Å². The fraction of sp³-hybridized carbons (Fsp3) is 0.0909. The summed E-state index contributed by atoms with van der Waals surface area (Å²) in [5, 5.41) is 12.2. The Balaban J connectivity index is 1.88. The molecule has 3 aromatic rings. The minimum atomic E-state index is -4.66. The quantitative estimate of drug-likeness (QED) is 0.413. The number of hydrogen-bond donors (Lipinski definition) is 1. The number of alkyl halides is 3. The summed E-state index contributed by atoms with van der Waals surface area (Å²) in [5.74, 6) is -3.08. The average molecular weight is 447 g/mol. The van der Waals surface area contributed by atoms with Crippen LogP contribution in [0.1, 0.15) is 26.8 Å². The van der Waals surface area contributed by atoms with Crippen molar-refractivity contribution in [3.8, 4) is 0 Å². The van der Waals surface area contributed by atoms with Crippen molar-refractivity contribution in [2.75, 3.05) is 4.90 Å². The molecule has 158 valence electrons. The van der Waals surface area contributed by atoms with Gasteiger partial charge >= 0.3 is 6.18 Å². The molecular formula is C22H13F4NO3S. The number of halogens is 4. The molecule has 0 spiro atoms. The highest BCUT2D eigenvalue weighted by Gasteiger charge is 2.45. The molecule has 1 aliphatic rings. The van der Waals surface area contributed by atoms with Gasteiger partial charge in [-0.25, -0.2) is 4.39 Å². The van der Waals surface area contributed by atoms with Gasteiger partial charge < -0.3 is 5.11 Å². The van der Waals surface area contributed by atoms with E-state index in [0.29, 0.717) is 0 Å². The number of anilines is 1. The Morgan fingerprint density at radius 1 is 1.03 bits per heavy atom. The van der Waals surface area contributed by atoms with Crippen molar-refractivity contribution in [3.63, 3.8) is 0 Å². The molecule has 2 aromatic carbocycles. The van der Waals surface area contributed by atoms with Gasteiger partial charge in [-0.3, -0.25) is 14.5 Å². The number of hydrogen-bond acceptors (Lipinski definition) is 4. The monoisotopic (exact) mass is 447 g/mol. The predicted molar refractivity (Wildman–Crippen MR) is 106 cm³/mol. The van der Waals surface area contributed by atoms with E-state index in [-0.39, 0.29) is 21.7 Å². The fourth-order valence-corrected chi connectivity index (χ4v) is 4.11. The van der Waals surface area contributed by atoms with Crippen LogP contribution >= 0.6 is 11.3 Å². The van der Waals surface area contributed by atoms with Gasteiger partial charge in [0, 0.05) is 5.69 Å². The van der Waals surface area contributed by atoms with Crippen molar-refractivity contribution in [1.82, 2.24) is 0 Å². The minimum absolute atomic E-state index is 0.158. The standard InChI is InChI=1S/C22H13F4NO3S/c23-14-8-6-12(7-9-14)18-17(19(28)16-5-2-10-31-16)20(29)21(30)27(18)15-4-1-3-13(11-15)22(24,25)26/h1-11,18,29H. The number of nitrogens with zero attached hydrogens (tertiary/aromatic N) is 1. The van der Waals surface area contributed by atoms with E-state index in [2.05, 4.69) is 0 Å². The van der Waals surface area contributed by atoms with E-state index in [0.717, 1.165) is 46.6 Å². The first-order valence-electron chi connectivity index (χ1n) is 8.96. The summed E-state index contributed by atoms with van der Waals surface area (Å²) >= 11 is 1.09. The zero-order valence-corrected chi connectivity index (χ0v) is 16.4. The summed E-state index contributed by atoms with van der Waals surface area (Å²) in [7, 11) is 0. The zero-order chi connectivity index (χ0) is 22.3. The normalized spacial score (nSPS) is 16.8. The molecule has 1 N–H and O–H groups in total. The van der Waals surface area contributed by atoms with Gasteiger partial charge in [0.05, 0.1) is 22.1 Å². The van der Waals surface area contributed by atoms with Crippen molar-refractivity contribution in [2.24, 2.45) is 0 Å². The molecule has 31 heavy (non-hydrogen) atoms. The summed E-state index contributed by atoms with van der Waals surface area (Å²) in [6.45, 7) is 0. The van der Waals surface area contributed by atoms with Crippen molar-refractivity contribution in [1.29, 1.82) is 0 Å². The van der Waals surface area contributed by atoms with E-state index in [9.17, 15) is 32.3 Å². The predicted octanol–water partition coefficient (Wildman–Crippen LogP) is 5.69. The van der Waals surface area contributed by atoms with Crippen LogP contribution in [-0.2, 0) is 11.0 Å². The van der Waals surface area contributed by atoms with E-state index >= 15 is 0 Å². The van der Waals surface area contributed by atoms with Crippen molar-refractivity contribution < 1.29 is 32.3 Å². The molecule has 1 aromatic heterocycles. The minimum Gasteiger partial charge on any atom is -0.503 e. The lowest BCUT2D eigenvalue weighted by atomic mass is 9.95. The zero-order valence-electron chi connectivity index (χ0n) is 15.6. The Hall–Kier alpha value is -3.46. The number of amides is 1. The number of rotatable bonds is 4. The summed E-state index contributed by atoms with van der Waals surface area (Å²) in [6.07, 6.45) is -4.66. The summed E-state index contributed by atoms with van der Waals surface area (Å²) in [6, 6.07) is 10.7. The Labute approximate surface area is 177 Å². The molecule has 1 unspecified atom stereocenters. The topological polar surface area (TPSA) is 57.6 Å². The number of benzene rings is 2. The molecule has 2 heterocycles. The number of Topliss-reactive ketones (excluding diaryl/α,β-unsaturated/α-hetero) is 1. The fourth-order valence-electron chi connectivity index (χ4n) is 3.44. The second-order valence-corrected chi connectivity index (χ2v) is 7.69. The van der Waals surface area contributed by atoms with E-state index in [1.807, 2.05) is 0 Å². The van der Waals surface area contributed by atoms with Gasteiger partial charge in [0.15, 0.2) is 5.76 Å². The first kappa shape index (κ1) is 20.8. The highest BCUT2D eigenvalue weighted by molar-refractivity contribution is 7.12. The summed E-state index contributed by atoms with van der Waals surface area (Å²) in [5.41, 5.74) is -1.17. The number of carbonyl (C=O) groups excluding carboxylic acids is 2. The molecule has 0 aliphatic carbocycles. The third-order valence-corrected chi connectivity index (χ3v) is 5.70. The summed E-state index contributed by atoms with van der Waals surface area (Å²) in [4.78, 5) is 27.2. The van der Waals surface area contributed by atoms with Crippen LogP contribution < -0.4 is 4.90 Å².